The number of benzene rings is 1. The molecular weight excluding hydrogens is 396 g/mol. The summed E-state index contributed by atoms with van der Waals surface area (Å²) in [6.45, 7) is 4.59. The molecule has 1 aromatic rings. The highest BCUT2D eigenvalue weighted by Gasteiger charge is 2.54. The van der Waals surface area contributed by atoms with E-state index in [1.165, 1.54) is 7.11 Å². The number of ether oxygens (including phenoxy) is 2. The summed E-state index contributed by atoms with van der Waals surface area (Å²) in [5.41, 5.74) is 0.672. The van der Waals surface area contributed by atoms with Crippen LogP contribution in [0.4, 0.5) is 0 Å². The smallest absolute Gasteiger partial charge is 0.328 e. The molecule has 1 aliphatic heterocycles. The molecule has 1 aliphatic carbocycles. The van der Waals surface area contributed by atoms with Crippen molar-refractivity contribution in [1.82, 2.24) is 10.2 Å². The Balaban J connectivity index is 2.09. The van der Waals surface area contributed by atoms with E-state index in [0.717, 1.165) is 37.7 Å². The summed E-state index contributed by atoms with van der Waals surface area (Å²) in [6, 6.07) is 6.62. The molecule has 0 saturated heterocycles. The topological polar surface area (TPSA) is 84.9 Å². The molecule has 1 heterocycles. The number of esters is 1. The Labute approximate surface area is 184 Å². The molecule has 7 heteroatoms. The molecule has 0 radical (unpaired) electrons. The number of rotatable bonds is 7. The standard InChI is InChI=1S/C24H34N2O5/c1-16(2)20(23(29)31-4)25-21(27)19-17-10-6-7-11-18(17)22(28)26(14-15-30-3)24(19)12-8-5-9-13-24/h6-7,10-11,16,19-20H,5,8-9,12-15H2,1-4H3,(H,25,27)/t19-,20-/m0/s1. The Morgan fingerprint density at radius 3 is 2.45 bits per heavy atom. The van der Waals surface area contributed by atoms with E-state index in [0.29, 0.717) is 18.7 Å². The molecule has 0 aromatic heterocycles. The second-order valence-corrected chi connectivity index (χ2v) is 8.89. The molecule has 170 valence electrons. The SMILES string of the molecule is COCCN1C(=O)c2ccccc2[C@@H](C(=O)N[C@H](C(=O)OC)C(C)C)C12CCCCC2. The number of carbonyl (C=O) groups is 3. The van der Waals surface area contributed by atoms with Crippen LogP contribution in [0.5, 0.6) is 0 Å². The van der Waals surface area contributed by atoms with Crippen molar-refractivity contribution < 1.29 is 23.9 Å². The maximum atomic E-state index is 13.8. The molecule has 1 saturated carbocycles. The van der Waals surface area contributed by atoms with Crippen LogP contribution in [-0.2, 0) is 19.1 Å². The molecule has 1 spiro atoms. The molecule has 7 nitrogen and oxygen atoms in total. The zero-order valence-corrected chi connectivity index (χ0v) is 19.0. The van der Waals surface area contributed by atoms with E-state index in [4.69, 9.17) is 9.47 Å². The lowest BCUT2D eigenvalue weighted by molar-refractivity contribution is -0.147. The molecule has 1 aromatic carbocycles. The summed E-state index contributed by atoms with van der Waals surface area (Å²) in [5.74, 6) is -1.41. The van der Waals surface area contributed by atoms with E-state index < -0.39 is 23.5 Å². The van der Waals surface area contributed by atoms with Crippen molar-refractivity contribution in [2.75, 3.05) is 27.4 Å². The van der Waals surface area contributed by atoms with E-state index >= 15 is 0 Å². The van der Waals surface area contributed by atoms with Gasteiger partial charge in [-0.1, -0.05) is 51.3 Å². The lowest BCUT2D eigenvalue weighted by Gasteiger charge is -2.53. The van der Waals surface area contributed by atoms with Crippen LogP contribution in [0.1, 0.15) is 67.8 Å². The van der Waals surface area contributed by atoms with E-state index in [1.807, 2.05) is 36.9 Å². The maximum Gasteiger partial charge on any atom is 0.328 e. The summed E-state index contributed by atoms with van der Waals surface area (Å²) in [7, 11) is 2.94. The van der Waals surface area contributed by atoms with Crippen LogP contribution in [-0.4, -0.2) is 61.6 Å². The van der Waals surface area contributed by atoms with Gasteiger partial charge in [0.15, 0.2) is 0 Å². The van der Waals surface area contributed by atoms with Crippen molar-refractivity contribution in [2.24, 2.45) is 5.92 Å². The quantitative estimate of drug-likeness (QED) is 0.673. The highest BCUT2D eigenvalue weighted by atomic mass is 16.5. The minimum absolute atomic E-state index is 0.0491. The molecule has 2 amide bonds. The molecule has 0 unspecified atom stereocenters. The van der Waals surface area contributed by atoms with Gasteiger partial charge in [0.1, 0.15) is 6.04 Å². The van der Waals surface area contributed by atoms with Crippen LogP contribution in [0.2, 0.25) is 0 Å². The monoisotopic (exact) mass is 430 g/mol. The van der Waals surface area contributed by atoms with Crippen LogP contribution in [0.3, 0.4) is 0 Å². The third-order valence-electron chi connectivity index (χ3n) is 6.74. The summed E-state index contributed by atoms with van der Waals surface area (Å²) in [4.78, 5) is 41.5. The number of fused-ring (bicyclic) bond motifs is 1. The minimum Gasteiger partial charge on any atom is -0.467 e. The van der Waals surface area contributed by atoms with Gasteiger partial charge in [-0.2, -0.15) is 0 Å². The van der Waals surface area contributed by atoms with Crippen molar-refractivity contribution in [1.29, 1.82) is 0 Å². The highest BCUT2D eigenvalue weighted by molar-refractivity contribution is 6.02. The second-order valence-electron chi connectivity index (χ2n) is 8.89. The van der Waals surface area contributed by atoms with E-state index in [-0.39, 0.29) is 17.7 Å². The fourth-order valence-electron chi connectivity index (χ4n) is 5.21. The number of amides is 2. The fraction of sp³-hybridized carbons (Fsp3) is 0.625. The second kappa shape index (κ2) is 9.81. The molecule has 31 heavy (non-hydrogen) atoms. The number of hydrogen-bond acceptors (Lipinski definition) is 5. The normalized spacial score (nSPS) is 21.0. The summed E-state index contributed by atoms with van der Waals surface area (Å²) in [6.07, 6.45) is 4.49. The Kier molecular flexibility index (Phi) is 7.36. The number of methoxy groups -OCH3 is 2. The van der Waals surface area contributed by atoms with E-state index in [9.17, 15) is 14.4 Å². The van der Waals surface area contributed by atoms with Gasteiger partial charge in [-0.15, -0.1) is 0 Å². The van der Waals surface area contributed by atoms with Gasteiger partial charge in [0.25, 0.3) is 5.91 Å². The van der Waals surface area contributed by atoms with Crippen molar-refractivity contribution in [2.45, 2.75) is 63.5 Å². The summed E-state index contributed by atoms with van der Waals surface area (Å²) < 4.78 is 10.2. The van der Waals surface area contributed by atoms with Gasteiger partial charge in [0.2, 0.25) is 5.91 Å². The molecule has 1 N–H and O–H groups in total. The van der Waals surface area contributed by atoms with Crippen LogP contribution < -0.4 is 5.32 Å². The average Bonchev–Trinajstić information content (AvgIpc) is 2.77. The first-order valence-corrected chi connectivity index (χ1v) is 11.2. The van der Waals surface area contributed by atoms with Crippen LogP contribution in [0.25, 0.3) is 0 Å². The molecule has 1 fully saturated rings. The van der Waals surface area contributed by atoms with Crippen molar-refractivity contribution in [3.63, 3.8) is 0 Å². The predicted molar refractivity (Wildman–Crippen MR) is 117 cm³/mol. The maximum absolute atomic E-state index is 13.8. The van der Waals surface area contributed by atoms with E-state index in [1.54, 1.807) is 13.2 Å². The molecule has 0 bridgehead atoms. The minimum atomic E-state index is -0.740. The van der Waals surface area contributed by atoms with Crippen LogP contribution in [0, 0.1) is 5.92 Å². The Bertz CT molecular complexity index is 816. The summed E-state index contributed by atoms with van der Waals surface area (Å²) in [5, 5.41) is 2.96. The Morgan fingerprint density at radius 1 is 1.16 bits per heavy atom. The lowest BCUT2D eigenvalue weighted by Crippen LogP contribution is -2.64. The zero-order valence-electron chi connectivity index (χ0n) is 19.0. The molecule has 2 aliphatic rings. The van der Waals surface area contributed by atoms with Gasteiger partial charge in [-0.3, -0.25) is 9.59 Å². The largest absolute Gasteiger partial charge is 0.467 e. The number of carbonyl (C=O) groups excluding carboxylic acids is 3. The van der Waals surface area contributed by atoms with Gasteiger partial charge < -0.3 is 19.7 Å². The third kappa shape index (κ3) is 4.33. The van der Waals surface area contributed by atoms with Crippen LogP contribution in [0.15, 0.2) is 24.3 Å². The van der Waals surface area contributed by atoms with Crippen LogP contribution >= 0.6 is 0 Å². The fourth-order valence-corrected chi connectivity index (χ4v) is 5.21. The number of nitrogens with zero attached hydrogens (tertiary/aromatic N) is 1. The number of nitrogens with one attached hydrogen (secondary N) is 1. The first kappa shape index (κ1) is 23.3. The lowest BCUT2D eigenvalue weighted by atomic mass is 9.65. The van der Waals surface area contributed by atoms with Crippen molar-refractivity contribution >= 4 is 17.8 Å². The molecular formula is C24H34N2O5. The Hall–Kier alpha value is -2.41. The molecule has 2 atom stereocenters. The van der Waals surface area contributed by atoms with Gasteiger partial charge >= 0.3 is 5.97 Å². The predicted octanol–water partition coefficient (Wildman–Crippen LogP) is 2.89. The first-order valence-electron chi connectivity index (χ1n) is 11.2. The highest BCUT2D eigenvalue weighted by Crippen LogP contribution is 2.49. The third-order valence-corrected chi connectivity index (χ3v) is 6.74. The van der Waals surface area contributed by atoms with Gasteiger partial charge in [0.05, 0.1) is 25.2 Å². The van der Waals surface area contributed by atoms with E-state index in [2.05, 4.69) is 5.32 Å². The Morgan fingerprint density at radius 2 is 1.84 bits per heavy atom. The van der Waals surface area contributed by atoms with Crippen molar-refractivity contribution in [3.05, 3.63) is 35.4 Å². The average molecular weight is 431 g/mol. The van der Waals surface area contributed by atoms with Gasteiger partial charge in [-0.25, -0.2) is 4.79 Å². The molecule has 3 rings (SSSR count). The summed E-state index contributed by atoms with van der Waals surface area (Å²) >= 11 is 0. The first-order chi connectivity index (χ1) is 14.9. The zero-order chi connectivity index (χ0) is 22.6. The van der Waals surface area contributed by atoms with Gasteiger partial charge in [-0.05, 0) is 30.4 Å². The number of hydrogen-bond donors (Lipinski definition) is 1. The van der Waals surface area contributed by atoms with Crippen molar-refractivity contribution in [3.8, 4) is 0 Å². The van der Waals surface area contributed by atoms with Gasteiger partial charge in [0, 0.05) is 19.2 Å².